The average Bonchev–Trinajstić information content (AvgIpc) is 2.43. The molecule has 0 nitrogen and oxygen atoms in total. The zero-order valence-electron chi connectivity index (χ0n) is 8.41. The normalized spacial score (nSPS) is 23.0. The molecule has 2 aliphatic rings. The van der Waals surface area contributed by atoms with E-state index in [1.54, 1.807) is 33.4 Å². The third-order valence-electron chi connectivity index (χ3n) is 3.43. The van der Waals surface area contributed by atoms with Gasteiger partial charge in [-0.05, 0) is 62.8 Å². The lowest BCUT2D eigenvalue weighted by molar-refractivity contribution is 1.10. The highest BCUT2D eigenvalue weighted by atomic mass is 14.3. The first-order valence-corrected chi connectivity index (χ1v) is 4.66. The highest BCUT2D eigenvalue weighted by Gasteiger charge is 2.25. The maximum absolute atomic E-state index is 2.27. The first kappa shape index (κ1) is 7.85. The molecule has 0 N–H and O–H groups in total. The largest absolute Gasteiger partial charge is 0.0657 e. The Balaban J connectivity index is 2.42. The van der Waals surface area contributed by atoms with Gasteiger partial charge < -0.3 is 0 Å². The third-order valence-corrected chi connectivity index (χ3v) is 3.43. The van der Waals surface area contributed by atoms with Gasteiger partial charge in [0.25, 0.3) is 0 Å². The molecule has 0 heterocycles. The van der Waals surface area contributed by atoms with E-state index in [-0.39, 0.29) is 0 Å². The molecule has 2 rings (SSSR count). The van der Waals surface area contributed by atoms with Crippen LogP contribution in [0.2, 0.25) is 0 Å². The van der Waals surface area contributed by atoms with E-state index in [1.807, 2.05) is 0 Å². The van der Waals surface area contributed by atoms with Crippen LogP contribution in [0.15, 0.2) is 33.4 Å². The van der Waals surface area contributed by atoms with E-state index in [4.69, 9.17) is 0 Å². The van der Waals surface area contributed by atoms with E-state index in [0.717, 1.165) is 0 Å². The predicted octanol–water partition coefficient (Wildman–Crippen LogP) is 3.76. The van der Waals surface area contributed by atoms with Gasteiger partial charge in [-0.1, -0.05) is 11.1 Å². The van der Waals surface area contributed by atoms with Crippen LogP contribution in [0.5, 0.6) is 0 Å². The first-order valence-electron chi connectivity index (χ1n) is 4.66. The highest BCUT2D eigenvalue weighted by Crippen LogP contribution is 2.44. The molecule has 12 heavy (non-hydrogen) atoms. The Bertz CT molecular complexity index is 301. The van der Waals surface area contributed by atoms with Crippen LogP contribution in [-0.2, 0) is 0 Å². The van der Waals surface area contributed by atoms with Crippen molar-refractivity contribution in [2.24, 2.45) is 0 Å². The molecular weight excluding hydrogens is 144 g/mol. The molecule has 0 aromatic carbocycles. The smallest absolute Gasteiger partial charge is 0.00585 e. The molecule has 0 heteroatoms. The van der Waals surface area contributed by atoms with Crippen LogP contribution < -0.4 is 0 Å². The van der Waals surface area contributed by atoms with Crippen molar-refractivity contribution >= 4 is 0 Å². The zero-order valence-corrected chi connectivity index (χ0v) is 8.41. The van der Waals surface area contributed by atoms with Crippen LogP contribution in [0.3, 0.4) is 0 Å². The molecule has 0 aliphatic heterocycles. The molecule has 0 atom stereocenters. The van der Waals surface area contributed by atoms with Crippen molar-refractivity contribution in [1.29, 1.82) is 0 Å². The van der Waals surface area contributed by atoms with Crippen molar-refractivity contribution in [2.45, 2.75) is 40.5 Å². The SMILES string of the molecule is CC1=C(C)C2=C(C1)C(C)=C(C)C2. The molecular formula is C12H16. The summed E-state index contributed by atoms with van der Waals surface area (Å²) in [6, 6.07) is 0. The maximum Gasteiger partial charge on any atom is -0.00585 e. The molecule has 0 spiro atoms. The summed E-state index contributed by atoms with van der Waals surface area (Å²) in [5.74, 6) is 0. The molecule has 0 saturated carbocycles. The topological polar surface area (TPSA) is 0 Å². The van der Waals surface area contributed by atoms with E-state index in [2.05, 4.69) is 27.7 Å². The third kappa shape index (κ3) is 0.841. The van der Waals surface area contributed by atoms with Gasteiger partial charge in [0.05, 0.1) is 0 Å². The fraction of sp³-hybridized carbons (Fsp3) is 0.500. The van der Waals surface area contributed by atoms with Crippen molar-refractivity contribution in [3.05, 3.63) is 33.4 Å². The second-order valence-electron chi connectivity index (χ2n) is 4.12. The molecule has 0 aromatic rings. The summed E-state index contributed by atoms with van der Waals surface area (Å²) < 4.78 is 0. The van der Waals surface area contributed by atoms with Crippen molar-refractivity contribution in [3.8, 4) is 0 Å². The summed E-state index contributed by atoms with van der Waals surface area (Å²) in [4.78, 5) is 0. The summed E-state index contributed by atoms with van der Waals surface area (Å²) in [7, 11) is 0. The van der Waals surface area contributed by atoms with Gasteiger partial charge in [0, 0.05) is 0 Å². The van der Waals surface area contributed by atoms with Crippen LogP contribution >= 0.6 is 0 Å². The van der Waals surface area contributed by atoms with Crippen LogP contribution in [0.1, 0.15) is 40.5 Å². The zero-order chi connectivity index (χ0) is 8.88. The van der Waals surface area contributed by atoms with Crippen molar-refractivity contribution in [2.75, 3.05) is 0 Å². The van der Waals surface area contributed by atoms with Crippen LogP contribution in [-0.4, -0.2) is 0 Å². The minimum absolute atomic E-state index is 1.21. The fourth-order valence-electron chi connectivity index (χ4n) is 2.24. The van der Waals surface area contributed by atoms with Crippen LogP contribution in [0.4, 0.5) is 0 Å². The van der Waals surface area contributed by atoms with E-state index in [1.165, 1.54) is 12.8 Å². The van der Waals surface area contributed by atoms with Crippen LogP contribution in [0.25, 0.3) is 0 Å². The lowest BCUT2D eigenvalue weighted by Crippen LogP contribution is -1.83. The molecule has 2 aliphatic carbocycles. The minimum atomic E-state index is 1.21. The fourth-order valence-corrected chi connectivity index (χ4v) is 2.24. The van der Waals surface area contributed by atoms with Crippen molar-refractivity contribution in [3.63, 3.8) is 0 Å². The van der Waals surface area contributed by atoms with Gasteiger partial charge in [-0.25, -0.2) is 0 Å². The number of rotatable bonds is 0. The second kappa shape index (κ2) is 2.35. The molecule has 0 aromatic heterocycles. The Labute approximate surface area is 74.7 Å². The highest BCUT2D eigenvalue weighted by molar-refractivity contribution is 5.59. The Morgan fingerprint density at radius 2 is 1.00 bits per heavy atom. The first-order chi connectivity index (χ1) is 5.61. The quantitative estimate of drug-likeness (QED) is 0.506. The molecule has 0 unspecified atom stereocenters. The molecule has 0 fully saturated rings. The van der Waals surface area contributed by atoms with E-state index < -0.39 is 0 Å². The maximum atomic E-state index is 2.27. The number of hydrogen-bond donors (Lipinski definition) is 0. The van der Waals surface area contributed by atoms with Gasteiger partial charge in [0.1, 0.15) is 0 Å². The summed E-state index contributed by atoms with van der Waals surface area (Å²) >= 11 is 0. The summed E-state index contributed by atoms with van der Waals surface area (Å²) in [5.41, 5.74) is 9.52. The molecule has 0 amide bonds. The van der Waals surface area contributed by atoms with Crippen LogP contribution in [0, 0.1) is 0 Å². The van der Waals surface area contributed by atoms with Gasteiger partial charge in [0.2, 0.25) is 0 Å². The molecule has 0 radical (unpaired) electrons. The van der Waals surface area contributed by atoms with Gasteiger partial charge >= 0.3 is 0 Å². The lowest BCUT2D eigenvalue weighted by Gasteiger charge is -2.03. The Hall–Kier alpha value is -0.780. The Morgan fingerprint density at radius 1 is 0.667 bits per heavy atom. The monoisotopic (exact) mass is 160 g/mol. The summed E-state index contributed by atoms with van der Waals surface area (Å²) in [6.45, 7) is 9.06. The van der Waals surface area contributed by atoms with Crippen molar-refractivity contribution < 1.29 is 0 Å². The number of allylic oxidation sites excluding steroid dienone is 6. The van der Waals surface area contributed by atoms with Gasteiger partial charge in [-0.3, -0.25) is 0 Å². The van der Waals surface area contributed by atoms with Gasteiger partial charge in [-0.15, -0.1) is 0 Å². The number of hydrogen-bond acceptors (Lipinski definition) is 0. The summed E-state index contributed by atoms with van der Waals surface area (Å²) in [5, 5.41) is 0. The van der Waals surface area contributed by atoms with Crippen molar-refractivity contribution in [1.82, 2.24) is 0 Å². The molecule has 0 bridgehead atoms. The predicted molar refractivity (Wildman–Crippen MR) is 53.0 cm³/mol. The van der Waals surface area contributed by atoms with Gasteiger partial charge in [0.15, 0.2) is 0 Å². The van der Waals surface area contributed by atoms with E-state index >= 15 is 0 Å². The standard InChI is InChI=1S/C12H16/c1-7-5-11-10(4)8(2)6-12(11)9(7)3/h5-6H2,1-4H3. The second-order valence-corrected chi connectivity index (χ2v) is 4.12. The average molecular weight is 160 g/mol. The minimum Gasteiger partial charge on any atom is -0.0657 e. The Morgan fingerprint density at radius 3 is 1.33 bits per heavy atom. The lowest BCUT2D eigenvalue weighted by atomic mass is 10.0. The summed E-state index contributed by atoms with van der Waals surface area (Å²) in [6.07, 6.45) is 2.43. The Kier molecular flexibility index (Phi) is 1.54. The molecule has 64 valence electrons. The van der Waals surface area contributed by atoms with Gasteiger partial charge in [-0.2, -0.15) is 0 Å². The van der Waals surface area contributed by atoms with E-state index in [9.17, 15) is 0 Å². The molecule has 0 saturated heterocycles. The van der Waals surface area contributed by atoms with E-state index in [0.29, 0.717) is 0 Å².